The number of ether oxygens (including phenoxy) is 1. The van der Waals surface area contributed by atoms with E-state index in [4.69, 9.17) is 26.5 Å². The van der Waals surface area contributed by atoms with Gasteiger partial charge in [0.1, 0.15) is 0 Å². The second-order valence-corrected chi connectivity index (χ2v) is 6.92. The Kier molecular flexibility index (Phi) is 5.01. The topological polar surface area (TPSA) is 48.4 Å². The van der Waals surface area contributed by atoms with Crippen LogP contribution in [0.4, 0.5) is 0 Å². The van der Waals surface area contributed by atoms with Gasteiger partial charge in [0.25, 0.3) is 0 Å². The number of hydrogen-bond donors (Lipinski definition) is 0. The maximum Gasteiger partial charge on any atom is 0.199 e. The lowest BCUT2D eigenvalue weighted by atomic mass is 10.2. The first-order chi connectivity index (χ1) is 12.7. The molecular formula is C19H22N4O2S. The van der Waals surface area contributed by atoms with Crippen molar-refractivity contribution >= 4 is 12.2 Å². The highest BCUT2D eigenvalue weighted by molar-refractivity contribution is 7.71. The monoisotopic (exact) mass is 370 g/mol. The van der Waals surface area contributed by atoms with Gasteiger partial charge in [-0.2, -0.15) is 0 Å². The summed E-state index contributed by atoms with van der Waals surface area (Å²) in [4.78, 5) is 2.32. The van der Waals surface area contributed by atoms with Gasteiger partial charge in [-0.25, -0.2) is 4.68 Å². The summed E-state index contributed by atoms with van der Waals surface area (Å²) in [5, 5.41) is 4.77. The van der Waals surface area contributed by atoms with Crippen LogP contribution in [0.2, 0.25) is 0 Å². The van der Waals surface area contributed by atoms with Crippen LogP contribution < -0.4 is 0 Å². The van der Waals surface area contributed by atoms with Gasteiger partial charge in [-0.1, -0.05) is 30.3 Å². The van der Waals surface area contributed by atoms with E-state index in [0.29, 0.717) is 18.0 Å². The first kappa shape index (κ1) is 17.2. The van der Waals surface area contributed by atoms with Crippen molar-refractivity contribution in [2.45, 2.75) is 26.2 Å². The van der Waals surface area contributed by atoms with Crippen LogP contribution in [-0.4, -0.2) is 45.0 Å². The second-order valence-electron chi connectivity index (χ2n) is 6.55. The molecule has 3 heterocycles. The SMILES string of the molecule is CC1CN(Cn2nc(-c3ccco3)n(Cc3ccccc3)c2=S)CCO1. The van der Waals surface area contributed by atoms with Crippen molar-refractivity contribution in [1.82, 2.24) is 19.2 Å². The molecule has 1 aliphatic heterocycles. The predicted molar refractivity (Wildman–Crippen MR) is 101 cm³/mol. The van der Waals surface area contributed by atoms with Crippen molar-refractivity contribution in [3.05, 3.63) is 59.1 Å². The van der Waals surface area contributed by atoms with Crippen molar-refractivity contribution in [2.24, 2.45) is 0 Å². The van der Waals surface area contributed by atoms with Crippen molar-refractivity contribution in [2.75, 3.05) is 19.7 Å². The van der Waals surface area contributed by atoms with Crippen LogP contribution in [0.3, 0.4) is 0 Å². The Bertz CT molecular complexity index is 902. The summed E-state index contributed by atoms with van der Waals surface area (Å²) in [5.74, 6) is 1.48. The second kappa shape index (κ2) is 7.57. The van der Waals surface area contributed by atoms with Gasteiger partial charge >= 0.3 is 0 Å². The lowest BCUT2D eigenvalue weighted by Crippen LogP contribution is -2.42. The molecule has 1 aromatic carbocycles. The predicted octanol–water partition coefficient (Wildman–Crippen LogP) is 3.40. The van der Waals surface area contributed by atoms with Crippen LogP contribution in [-0.2, 0) is 18.0 Å². The minimum atomic E-state index is 0.230. The van der Waals surface area contributed by atoms with E-state index in [1.165, 1.54) is 5.56 Å². The summed E-state index contributed by atoms with van der Waals surface area (Å²) < 4.78 is 15.8. The maximum atomic E-state index is 5.75. The molecule has 6 nitrogen and oxygen atoms in total. The molecule has 2 aromatic heterocycles. The molecule has 1 aliphatic rings. The molecule has 0 aliphatic carbocycles. The molecule has 0 amide bonds. The third-order valence-electron chi connectivity index (χ3n) is 4.51. The number of aromatic nitrogens is 3. The number of benzene rings is 1. The Morgan fingerprint density at radius 2 is 2.04 bits per heavy atom. The summed E-state index contributed by atoms with van der Waals surface area (Å²) >= 11 is 5.75. The number of rotatable bonds is 5. The van der Waals surface area contributed by atoms with E-state index in [1.54, 1.807) is 6.26 Å². The van der Waals surface area contributed by atoms with E-state index in [1.807, 2.05) is 39.6 Å². The molecule has 136 valence electrons. The van der Waals surface area contributed by atoms with Crippen LogP contribution in [0.15, 0.2) is 53.1 Å². The Hall–Kier alpha value is -2.22. The van der Waals surface area contributed by atoms with Crippen molar-refractivity contribution in [3.63, 3.8) is 0 Å². The van der Waals surface area contributed by atoms with E-state index in [9.17, 15) is 0 Å². The molecule has 7 heteroatoms. The molecule has 0 radical (unpaired) electrons. The fourth-order valence-corrected chi connectivity index (χ4v) is 3.49. The van der Waals surface area contributed by atoms with Crippen molar-refractivity contribution in [1.29, 1.82) is 0 Å². The lowest BCUT2D eigenvalue weighted by Gasteiger charge is -2.30. The average molecular weight is 370 g/mol. The zero-order valence-electron chi connectivity index (χ0n) is 14.7. The van der Waals surface area contributed by atoms with Gasteiger partial charge in [-0.15, -0.1) is 5.10 Å². The molecule has 0 spiro atoms. The number of nitrogens with zero attached hydrogens (tertiary/aromatic N) is 4. The lowest BCUT2D eigenvalue weighted by molar-refractivity contribution is -0.0307. The molecule has 1 atom stereocenters. The van der Waals surface area contributed by atoms with E-state index in [0.717, 1.165) is 31.3 Å². The largest absolute Gasteiger partial charge is 0.461 e. The summed E-state index contributed by atoms with van der Waals surface area (Å²) in [6, 6.07) is 14.0. The Morgan fingerprint density at radius 3 is 2.77 bits per heavy atom. The molecule has 0 bridgehead atoms. The third kappa shape index (κ3) is 3.65. The maximum absolute atomic E-state index is 5.75. The number of furan rings is 1. The smallest absolute Gasteiger partial charge is 0.199 e. The quantitative estimate of drug-likeness (QED) is 0.644. The van der Waals surface area contributed by atoms with Crippen LogP contribution in [0.5, 0.6) is 0 Å². The first-order valence-corrected chi connectivity index (χ1v) is 9.21. The van der Waals surface area contributed by atoms with Gasteiger partial charge in [-0.05, 0) is 36.8 Å². The summed E-state index contributed by atoms with van der Waals surface area (Å²) in [7, 11) is 0. The summed E-state index contributed by atoms with van der Waals surface area (Å²) in [6.07, 6.45) is 1.89. The molecule has 0 saturated carbocycles. The summed E-state index contributed by atoms with van der Waals surface area (Å²) in [6.45, 7) is 5.91. The van der Waals surface area contributed by atoms with Gasteiger partial charge in [-0.3, -0.25) is 9.47 Å². The highest BCUT2D eigenvalue weighted by Crippen LogP contribution is 2.21. The van der Waals surface area contributed by atoms with Crippen LogP contribution >= 0.6 is 12.2 Å². The average Bonchev–Trinajstić information content (AvgIpc) is 3.27. The normalized spacial score (nSPS) is 18.3. The minimum absolute atomic E-state index is 0.230. The fraction of sp³-hybridized carbons (Fsp3) is 0.368. The van der Waals surface area contributed by atoms with Crippen LogP contribution in [0.25, 0.3) is 11.6 Å². The molecular weight excluding hydrogens is 348 g/mol. The highest BCUT2D eigenvalue weighted by Gasteiger charge is 2.20. The van der Waals surface area contributed by atoms with Crippen molar-refractivity contribution in [3.8, 4) is 11.6 Å². The third-order valence-corrected chi connectivity index (χ3v) is 4.94. The molecule has 0 N–H and O–H groups in total. The number of hydrogen-bond acceptors (Lipinski definition) is 5. The molecule has 1 saturated heterocycles. The van der Waals surface area contributed by atoms with Crippen LogP contribution in [0, 0.1) is 4.77 Å². The summed E-state index contributed by atoms with van der Waals surface area (Å²) in [5.41, 5.74) is 1.18. The molecule has 26 heavy (non-hydrogen) atoms. The van der Waals surface area contributed by atoms with Gasteiger partial charge in [0.15, 0.2) is 16.4 Å². The molecule has 3 aromatic rings. The van der Waals surface area contributed by atoms with Crippen molar-refractivity contribution < 1.29 is 9.15 Å². The van der Waals surface area contributed by atoms with Gasteiger partial charge in [0.05, 0.1) is 32.2 Å². The van der Waals surface area contributed by atoms with Gasteiger partial charge in [0.2, 0.25) is 0 Å². The van der Waals surface area contributed by atoms with Gasteiger partial charge in [0, 0.05) is 13.1 Å². The van der Waals surface area contributed by atoms with E-state index in [2.05, 4.69) is 24.0 Å². The molecule has 1 unspecified atom stereocenters. The number of morpholine rings is 1. The highest BCUT2D eigenvalue weighted by atomic mass is 32.1. The first-order valence-electron chi connectivity index (χ1n) is 8.80. The Balaban J connectivity index is 1.67. The Labute approximate surface area is 157 Å². The fourth-order valence-electron chi connectivity index (χ4n) is 3.24. The van der Waals surface area contributed by atoms with E-state index >= 15 is 0 Å². The molecule has 1 fully saturated rings. The minimum Gasteiger partial charge on any atom is -0.461 e. The zero-order chi connectivity index (χ0) is 17.9. The van der Waals surface area contributed by atoms with E-state index < -0.39 is 0 Å². The molecule has 4 rings (SSSR count). The standard InChI is InChI=1S/C19H22N4O2S/c1-15-12-21(9-11-24-15)14-23-19(26)22(13-16-6-3-2-4-7-16)18(20-23)17-8-5-10-25-17/h2-8,10,15H,9,11-14H2,1H3. The zero-order valence-corrected chi connectivity index (χ0v) is 15.6. The Morgan fingerprint density at radius 1 is 1.19 bits per heavy atom. The van der Waals surface area contributed by atoms with E-state index in [-0.39, 0.29) is 6.10 Å². The van der Waals surface area contributed by atoms with Gasteiger partial charge < -0.3 is 9.15 Å². The van der Waals surface area contributed by atoms with Crippen LogP contribution in [0.1, 0.15) is 12.5 Å².